The van der Waals surface area contributed by atoms with Gasteiger partial charge in [-0.15, -0.1) is 11.3 Å². The number of nitrogen functional groups attached to an aromatic ring is 1. The van der Waals surface area contributed by atoms with Crippen LogP contribution in [0.4, 0.5) is 5.82 Å². The first-order valence-electron chi connectivity index (χ1n) is 5.72. The quantitative estimate of drug-likeness (QED) is 0.737. The van der Waals surface area contributed by atoms with Gasteiger partial charge in [0.25, 0.3) is 0 Å². The van der Waals surface area contributed by atoms with E-state index in [4.69, 9.17) is 10.3 Å². The smallest absolute Gasteiger partial charge is 0.178 e. The summed E-state index contributed by atoms with van der Waals surface area (Å²) in [5.41, 5.74) is 8.93. The first-order chi connectivity index (χ1) is 9.16. The van der Waals surface area contributed by atoms with Crippen LogP contribution in [0.5, 0.6) is 0 Å². The van der Waals surface area contributed by atoms with Crippen molar-refractivity contribution in [3.05, 3.63) is 45.7 Å². The van der Waals surface area contributed by atoms with Crippen LogP contribution >= 0.6 is 27.3 Å². The van der Waals surface area contributed by atoms with Crippen LogP contribution in [-0.4, -0.2) is 5.16 Å². The molecule has 0 aliphatic heterocycles. The van der Waals surface area contributed by atoms with Crippen LogP contribution in [0.1, 0.15) is 5.56 Å². The maximum Gasteiger partial charge on any atom is 0.178 e. The molecule has 0 fully saturated rings. The Balaban J connectivity index is 2.24. The number of benzene rings is 1. The van der Waals surface area contributed by atoms with E-state index < -0.39 is 0 Å². The Bertz CT molecular complexity index is 719. The van der Waals surface area contributed by atoms with Crippen molar-refractivity contribution >= 4 is 33.1 Å². The van der Waals surface area contributed by atoms with Crippen molar-refractivity contribution in [2.45, 2.75) is 6.92 Å². The van der Waals surface area contributed by atoms with Gasteiger partial charge in [0.1, 0.15) is 0 Å². The van der Waals surface area contributed by atoms with Gasteiger partial charge in [-0.2, -0.15) is 0 Å². The van der Waals surface area contributed by atoms with Crippen LogP contribution in [-0.2, 0) is 0 Å². The monoisotopic (exact) mass is 334 g/mol. The zero-order valence-corrected chi connectivity index (χ0v) is 12.6. The van der Waals surface area contributed by atoms with Gasteiger partial charge in [-0.3, -0.25) is 0 Å². The summed E-state index contributed by atoms with van der Waals surface area (Å²) in [4.78, 5) is 1.06. The number of halogens is 1. The summed E-state index contributed by atoms with van der Waals surface area (Å²) in [5.74, 6) is 1.13. The summed E-state index contributed by atoms with van der Waals surface area (Å²) < 4.78 is 6.41. The fourth-order valence-corrected chi connectivity index (χ4v) is 3.16. The van der Waals surface area contributed by atoms with Gasteiger partial charge in [0.05, 0.1) is 5.56 Å². The summed E-state index contributed by atoms with van der Waals surface area (Å²) in [5, 5.41) is 5.92. The lowest BCUT2D eigenvalue weighted by Gasteiger charge is -2.04. The second-order valence-electron chi connectivity index (χ2n) is 4.23. The lowest BCUT2D eigenvalue weighted by atomic mass is 10.1. The van der Waals surface area contributed by atoms with E-state index >= 15 is 0 Å². The van der Waals surface area contributed by atoms with Crippen LogP contribution in [0.15, 0.2) is 44.7 Å². The number of aromatic nitrogens is 1. The van der Waals surface area contributed by atoms with Crippen LogP contribution < -0.4 is 5.73 Å². The first-order valence-corrected chi connectivity index (χ1v) is 7.39. The number of hydrogen-bond donors (Lipinski definition) is 1. The minimum Gasteiger partial charge on any atom is -0.380 e. The maximum atomic E-state index is 5.94. The summed E-state index contributed by atoms with van der Waals surface area (Å²) in [6, 6.07) is 10.1. The van der Waals surface area contributed by atoms with Crippen molar-refractivity contribution in [2.75, 3.05) is 5.73 Å². The summed E-state index contributed by atoms with van der Waals surface area (Å²) in [6.45, 7) is 2.04. The highest BCUT2D eigenvalue weighted by molar-refractivity contribution is 9.10. The van der Waals surface area contributed by atoms with Crippen molar-refractivity contribution in [1.29, 1.82) is 0 Å². The van der Waals surface area contributed by atoms with Crippen molar-refractivity contribution in [3.8, 4) is 21.8 Å². The Morgan fingerprint density at radius 3 is 2.89 bits per heavy atom. The average molecular weight is 335 g/mol. The SMILES string of the molecule is Cc1ccc(Br)c(-c2onc(N)c2-c2cccs2)c1. The zero-order valence-electron chi connectivity index (χ0n) is 10.2. The number of hydrogen-bond acceptors (Lipinski definition) is 4. The van der Waals surface area contributed by atoms with E-state index in [2.05, 4.69) is 27.2 Å². The van der Waals surface area contributed by atoms with Crippen molar-refractivity contribution in [2.24, 2.45) is 0 Å². The number of rotatable bonds is 2. The number of thiophene rings is 1. The molecule has 3 rings (SSSR count). The third-order valence-corrected chi connectivity index (χ3v) is 4.43. The topological polar surface area (TPSA) is 52.0 Å². The van der Waals surface area contributed by atoms with E-state index in [9.17, 15) is 0 Å². The van der Waals surface area contributed by atoms with E-state index in [0.717, 1.165) is 26.0 Å². The van der Waals surface area contributed by atoms with Crippen molar-refractivity contribution in [3.63, 3.8) is 0 Å². The van der Waals surface area contributed by atoms with E-state index in [1.165, 1.54) is 0 Å². The summed E-state index contributed by atoms with van der Waals surface area (Å²) in [7, 11) is 0. The molecule has 2 heterocycles. The predicted molar refractivity (Wildman–Crippen MR) is 82.1 cm³/mol. The molecular formula is C14H11BrN2OS. The molecule has 2 aromatic heterocycles. The largest absolute Gasteiger partial charge is 0.380 e. The Hall–Kier alpha value is -1.59. The van der Waals surface area contributed by atoms with E-state index in [0.29, 0.717) is 11.6 Å². The van der Waals surface area contributed by atoms with Crippen LogP contribution in [0.3, 0.4) is 0 Å². The first kappa shape index (κ1) is 12.4. The molecule has 0 radical (unpaired) electrons. The number of anilines is 1. The molecule has 96 valence electrons. The molecule has 0 unspecified atom stereocenters. The van der Waals surface area contributed by atoms with Gasteiger partial charge in [0.15, 0.2) is 11.6 Å². The second-order valence-corrected chi connectivity index (χ2v) is 6.03. The average Bonchev–Trinajstić information content (AvgIpc) is 3.01. The van der Waals surface area contributed by atoms with Crippen molar-refractivity contribution < 1.29 is 4.52 Å². The summed E-state index contributed by atoms with van der Waals surface area (Å²) >= 11 is 5.17. The van der Waals surface area contributed by atoms with Crippen molar-refractivity contribution in [1.82, 2.24) is 5.16 Å². The minimum absolute atomic E-state index is 0.422. The molecule has 0 saturated heterocycles. The van der Waals surface area contributed by atoms with Gasteiger partial charge >= 0.3 is 0 Å². The lowest BCUT2D eigenvalue weighted by molar-refractivity contribution is 0.436. The second kappa shape index (κ2) is 4.83. The molecule has 1 aromatic carbocycles. The molecule has 0 aliphatic carbocycles. The van der Waals surface area contributed by atoms with Crippen LogP contribution in [0, 0.1) is 6.92 Å². The molecule has 3 nitrogen and oxygen atoms in total. The Kier molecular flexibility index (Phi) is 3.16. The molecule has 0 spiro atoms. The molecule has 0 atom stereocenters. The molecular weight excluding hydrogens is 324 g/mol. The number of nitrogens with two attached hydrogens (primary N) is 1. The highest BCUT2D eigenvalue weighted by Crippen LogP contribution is 2.41. The molecule has 19 heavy (non-hydrogen) atoms. The normalized spacial score (nSPS) is 10.8. The van der Waals surface area contributed by atoms with Gasteiger partial charge < -0.3 is 10.3 Å². The van der Waals surface area contributed by atoms with E-state index in [1.54, 1.807) is 11.3 Å². The fraction of sp³-hybridized carbons (Fsp3) is 0.0714. The molecule has 0 amide bonds. The third kappa shape index (κ3) is 2.19. The van der Waals surface area contributed by atoms with Gasteiger partial charge in [-0.25, -0.2) is 0 Å². The molecule has 0 aliphatic rings. The van der Waals surface area contributed by atoms with Gasteiger partial charge in [-0.1, -0.05) is 38.8 Å². The van der Waals surface area contributed by atoms with Crippen LogP contribution in [0.25, 0.3) is 21.8 Å². The minimum atomic E-state index is 0.422. The van der Waals surface area contributed by atoms with Gasteiger partial charge in [-0.05, 0) is 30.5 Å². The molecule has 2 N–H and O–H groups in total. The molecule has 5 heteroatoms. The van der Waals surface area contributed by atoms with Gasteiger partial charge in [0.2, 0.25) is 0 Å². The van der Waals surface area contributed by atoms with Crippen LogP contribution in [0.2, 0.25) is 0 Å². The molecule has 0 bridgehead atoms. The standard InChI is InChI=1S/C14H11BrN2OS/c1-8-4-5-10(15)9(7-8)13-12(14(16)17-18-13)11-3-2-6-19-11/h2-7H,1H3,(H2,16,17). The molecule has 0 saturated carbocycles. The highest BCUT2D eigenvalue weighted by atomic mass is 79.9. The maximum absolute atomic E-state index is 5.94. The number of aryl methyl sites for hydroxylation is 1. The van der Waals surface area contributed by atoms with Gasteiger partial charge in [0, 0.05) is 14.9 Å². The highest BCUT2D eigenvalue weighted by Gasteiger charge is 2.20. The Morgan fingerprint density at radius 2 is 2.16 bits per heavy atom. The Morgan fingerprint density at radius 1 is 1.32 bits per heavy atom. The Labute approximate surface area is 123 Å². The zero-order chi connectivity index (χ0) is 13.4. The molecule has 3 aromatic rings. The lowest BCUT2D eigenvalue weighted by Crippen LogP contribution is -1.87. The predicted octanol–water partition coefficient (Wildman–Crippen LogP) is 4.72. The number of nitrogens with zero attached hydrogens (tertiary/aromatic N) is 1. The fourth-order valence-electron chi connectivity index (χ4n) is 1.96. The third-order valence-electron chi connectivity index (χ3n) is 2.85. The van der Waals surface area contributed by atoms with E-state index in [-0.39, 0.29) is 0 Å². The summed E-state index contributed by atoms with van der Waals surface area (Å²) in [6.07, 6.45) is 0. The van der Waals surface area contributed by atoms with E-state index in [1.807, 2.05) is 36.6 Å².